The topological polar surface area (TPSA) is 30.7 Å². The second kappa shape index (κ2) is 3.79. The molecular formula is C9H5ClF3N3. The molecule has 0 fully saturated rings. The van der Waals surface area contributed by atoms with Gasteiger partial charge in [0.05, 0.1) is 0 Å². The number of nitrogens with zero attached hydrogens (tertiary/aromatic N) is 3. The first-order chi connectivity index (χ1) is 7.50. The van der Waals surface area contributed by atoms with Gasteiger partial charge in [-0.25, -0.2) is 13.2 Å². The van der Waals surface area contributed by atoms with Crippen molar-refractivity contribution in [2.75, 3.05) is 0 Å². The summed E-state index contributed by atoms with van der Waals surface area (Å²) in [5, 5.41) is 6.81. The number of rotatable bonds is 1. The highest BCUT2D eigenvalue weighted by molar-refractivity contribution is 6.28. The normalized spacial score (nSPS) is 10.8. The highest BCUT2D eigenvalue weighted by Crippen LogP contribution is 2.23. The van der Waals surface area contributed by atoms with E-state index in [1.165, 1.54) is 6.92 Å². The average Bonchev–Trinajstić information content (AvgIpc) is 2.47. The summed E-state index contributed by atoms with van der Waals surface area (Å²) in [6.45, 7) is 1.47. The van der Waals surface area contributed by atoms with E-state index in [9.17, 15) is 13.2 Å². The van der Waals surface area contributed by atoms with E-state index in [0.29, 0.717) is 12.1 Å². The molecule has 0 aliphatic heterocycles. The van der Waals surface area contributed by atoms with Crippen LogP contribution in [0.4, 0.5) is 13.2 Å². The lowest BCUT2D eigenvalue weighted by molar-refractivity contribution is 0.533. The van der Waals surface area contributed by atoms with E-state index in [4.69, 9.17) is 11.6 Å². The molecule has 16 heavy (non-hydrogen) atoms. The molecule has 84 valence electrons. The van der Waals surface area contributed by atoms with Gasteiger partial charge in [-0.3, -0.25) is 4.57 Å². The van der Waals surface area contributed by atoms with Crippen LogP contribution >= 0.6 is 11.6 Å². The number of aryl methyl sites for hydroxylation is 1. The van der Waals surface area contributed by atoms with Gasteiger partial charge >= 0.3 is 0 Å². The number of aromatic nitrogens is 3. The van der Waals surface area contributed by atoms with Crippen molar-refractivity contribution < 1.29 is 13.2 Å². The second-order valence-electron chi connectivity index (χ2n) is 3.07. The maximum Gasteiger partial charge on any atom is 0.229 e. The lowest BCUT2D eigenvalue weighted by atomic mass is 10.2. The number of hydrogen-bond acceptors (Lipinski definition) is 2. The molecule has 0 radical (unpaired) electrons. The van der Waals surface area contributed by atoms with Crippen LogP contribution in [0, 0.1) is 24.4 Å². The fraction of sp³-hybridized carbons (Fsp3) is 0.111. The van der Waals surface area contributed by atoms with Gasteiger partial charge in [0.1, 0.15) is 17.3 Å². The second-order valence-corrected chi connectivity index (χ2v) is 3.41. The van der Waals surface area contributed by atoms with Gasteiger partial charge in [0.25, 0.3) is 0 Å². The summed E-state index contributed by atoms with van der Waals surface area (Å²) in [6.07, 6.45) is 0. The predicted octanol–water partition coefficient (Wildman–Crippen LogP) is 2.65. The van der Waals surface area contributed by atoms with Crippen molar-refractivity contribution in [2.24, 2.45) is 0 Å². The molecule has 1 heterocycles. The molecule has 0 atom stereocenters. The largest absolute Gasteiger partial charge is 0.264 e. The molecule has 0 amide bonds. The Kier molecular flexibility index (Phi) is 2.59. The minimum absolute atomic E-state index is 0.193. The molecular weight excluding hydrogens is 243 g/mol. The molecule has 0 bridgehead atoms. The maximum atomic E-state index is 13.4. The van der Waals surface area contributed by atoms with Gasteiger partial charge in [-0.1, -0.05) is 0 Å². The zero-order chi connectivity index (χ0) is 11.9. The van der Waals surface area contributed by atoms with Crippen molar-refractivity contribution in [3.63, 3.8) is 0 Å². The molecule has 0 saturated carbocycles. The van der Waals surface area contributed by atoms with Gasteiger partial charge in [0, 0.05) is 12.1 Å². The standard InChI is InChI=1S/C9H5ClF3N3/c1-4-14-15-9(10)16(4)8-6(12)2-5(11)3-7(8)13/h2-3H,1H3. The van der Waals surface area contributed by atoms with E-state index in [1.807, 2.05) is 0 Å². The van der Waals surface area contributed by atoms with Crippen LogP contribution in [0.3, 0.4) is 0 Å². The van der Waals surface area contributed by atoms with Gasteiger partial charge in [-0.15, -0.1) is 10.2 Å². The molecule has 2 rings (SSSR count). The Morgan fingerprint density at radius 1 is 1.12 bits per heavy atom. The van der Waals surface area contributed by atoms with Crippen LogP contribution in [0.2, 0.25) is 5.28 Å². The fourth-order valence-electron chi connectivity index (χ4n) is 1.34. The van der Waals surface area contributed by atoms with E-state index in [2.05, 4.69) is 10.2 Å². The van der Waals surface area contributed by atoms with Crippen molar-refractivity contribution in [2.45, 2.75) is 6.92 Å². The molecule has 0 aliphatic carbocycles. The van der Waals surface area contributed by atoms with Gasteiger partial charge in [-0.05, 0) is 18.5 Å². The molecule has 0 N–H and O–H groups in total. The van der Waals surface area contributed by atoms with Crippen molar-refractivity contribution in [1.29, 1.82) is 0 Å². The van der Waals surface area contributed by atoms with Crippen LogP contribution in [-0.4, -0.2) is 14.8 Å². The van der Waals surface area contributed by atoms with E-state index >= 15 is 0 Å². The summed E-state index contributed by atoms with van der Waals surface area (Å²) in [4.78, 5) is 0. The van der Waals surface area contributed by atoms with E-state index in [-0.39, 0.29) is 11.1 Å². The van der Waals surface area contributed by atoms with Crippen molar-refractivity contribution in [3.8, 4) is 5.69 Å². The predicted molar refractivity (Wildman–Crippen MR) is 51.0 cm³/mol. The van der Waals surface area contributed by atoms with Crippen molar-refractivity contribution in [1.82, 2.24) is 14.8 Å². The molecule has 1 aromatic carbocycles. The zero-order valence-electron chi connectivity index (χ0n) is 8.01. The maximum absolute atomic E-state index is 13.4. The highest BCUT2D eigenvalue weighted by atomic mass is 35.5. The molecule has 3 nitrogen and oxygen atoms in total. The third-order valence-corrected chi connectivity index (χ3v) is 2.24. The Morgan fingerprint density at radius 3 is 2.12 bits per heavy atom. The van der Waals surface area contributed by atoms with Crippen molar-refractivity contribution in [3.05, 3.63) is 40.7 Å². The highest BCUT2D eigenvalue weighted by Gasteiger charge is 2.18. The summed E-state index contributed by atoms with van der Waals surface area (Å²) < 4.78 is 40.5. The summed E-state index contributed by atoms with van der Waals surface area (Å²) in [5.41, 5.74) is -0.492. The minimum atomic E-state index is -1.07. The van der Waals surface area contributed by atoms with Gasteiger partial charge in [0.15, 0.2) is 11.6 Å². The third-order valence-electron chi connectivity index (χ3n) is 1.99. The third kappa shape index (κ3) is 1.65. The smallest absolute Gasteiger partial charge is 0.229 e. The first-order valence-electron chi connectivity index (χ1n) is 4.23. The molecule has 2 aromatic rings. The van der Waals surface area contributed by atoms with Gasteiger partial charge < -0.3 is 0 Å². The van der Waals surface area contributed by atoms with Crippen LogP contribution < -0.4 is 0 Å². The molecule has 0 spiro atoms. The molecule has 1 aromatic heterocycles. The Bertz CT molecular complexity index is 510. The Morgan fingerprint density at radius 2 is 1.69 bits per heavy atom. The summed E-state index contributed by atoms with van der Waals surface area (Å²) in [5.74, 6) is -2.93. The molecule has 0 unspecified atom stereocenters. The summed E-state index contributed by atoms with van der Waals surface area (Å²) in [7, 11) is 0. The lowest BCUT2D eigenvalue weighted by Gasteiger charge is -2.07. The number of hydrogen-bond donors (Lipinski definition) is 0. The van der Waals surface area contributed by atoms with Crippen LogP contribution in [0.1, 0.15) is 5.82 Å². The lowest BCUT2D eigenvalue weighted by Crippen LogP contribution is -2.04. The first kappa shape index (κ1) is 10.9. The zero-order valence-corrected chi connectivity index (χ0v) is 8.76. The van der Waals surface area contributed by atoms with Crippen LogP contribution in [-0.2, 0) is 0 Å². The number of benzene rings is 1. The monoisotopic (exact) mass is 247 g/mol. The SMILES string of the molecule is Cc1nnc(Cl)n1-c1c(F)cc(F)cc1F. The number of halogens is 4. The van der Waals surface area contributed by atoms with Gasteiger partial charge in [0.2, 0.25) is 5.28 Å². The van der Waals surface area contributed by atoms with E-state index < -0.39 is 23.1 Å². The summed E-state index contributed by atoms with van der Waals surface area (Å²) in [6, 6.07) is 1.13. The fourth-order valence-corrected chi connectivity index (χ4v) is 1.58. The Hall–Kier alpha value is -1.56. The average molecular weight is 248 g/mol. The Labute approximate surface area is 93.5 Å². The van der Waals surface area contributed by atoms with Crippen LogP contribution in [0.15, 0.2) is 12.1 Å². The summed E-state index contributed by atoms with van der Waals surface area (Å²) >= 11 is 5.63. The van der Waals surface area contributed by atoms with Crippen LogP contribution in [0.5, 0.6) is 0 Å². The van der Waals surface area contributed by atoms with Crippen molar-refractivity contribution >= 4 is 11.6 Å². The van der Waals surface area contributed by atoms with E-state index in [0.717, 1.165) is 4.57 Å². The Balaban J connectivity index is 2.74. The minimum Gasteiger partial charge on any atom is -0.264 e. The van der Waals surface area contributed by atoms with Gasteiger partial charge in [-0.2, -0.15) is 0 Å². The first-order valence-corrected chi connectivity index (χ1v) is 4.61. The molecule has 0 saturated heterocycles. The molecule has 7 heteroatoms. The quantitative estimate of drug-likeness (QED) is 0.776. The van der Waals surface area contributed by atoms with E-state index in [1.54, 1.807) is 0 Å². The van der Waals surface area contributed by atoms with Crippen LogP contribution in [0.25, 0.3) is 5.69 Å². The molecule has 0 aliphatic rings.